The minimum absolute atomic E-state index is 0. The second kappa shape index (κ2) is 15.4. The number of amides is 4. The molecule has 11 nitrogen and oxygen atoms in total. The third kappa shape index (κ3) is 17.5. The molecule has 13 heteroatoms. The van der Waals surface area contributed by atoms with Crippen LogP contribution in [0.5, 0.6) is 0 Å². The number of carbonyl (C=O) groups excluding carboxylic acids is 5. The number of morpholine rings is 2. The van der Waals surface area contributed by atoms with Crippen molar-refractivity contribution >= 4 is 29.8 Å². The van der Waals surface area contributed by atoms with E-state index in [2.05, 4.69) is 20.1 Å². The molecule has 0 saturated carbocycles. The molecular weight excluding hydrogens is 326 g/mol. The first-order chi connectivity index (χ1) is 9.31. The Bertz CT molecular complexity index is 352. The minimum Gasteiger partial charge on any atom is -0.652 e. The third-order valence-electron chi connectivity index (χ3n) is 1.49. The van der Waals surface area contributed by atoms with E-state index in [1.165, 1.54) is 0 Å². The number of hydrogen-bond donors (Lipinski definition) is 2. The summed E-state index contributed by atoms with van der Waals surface area (Å²) in [6, 6.07) is 0. The van der Waals surface area contributed by atoms with Gasteiger partial charge in [-0.05, 0) is 6.16 Å². The van der Waals surface area contributed by atoms with E-state index < -0.39 is 6.16 Å². The van der Waals surface area contributed by atoms with Gasteiger partial charge in [0.05, 0.1) is 0 Å². The number of imide groups is 2. The molecule has 0 aromatic carbocycles. The summed E-state index contributed by atoms with van der Waals surface area (Å²) in [7, 11) is 0. The van der Waals surface area contributed by atoms with Crippen molar-refractivity contribution in [3.8, 4) is 0 Å². The molecule has 0 bridgehead atoms. The van der Waals surface area contributed by atoms with Gasteiger partial charge in [-0.2, -0.15) is 0 Å². The van der Waals surface area contributed by atoms with Crippen LogP contribution in [0.4, 0.5) is 4.79 Å². The predicted molar refractivity (Wildman–Crippen MR) is 53.3 cm³/mol. The van der Waals surface area contributed by atoms with Crippen LogP contribution in [0.1, 0.15) is 0 Å². The van der Waals surface area contributed by atoms with Crippen molar-refractivity contribution < 1.29 is 103 Å². The quantitative estimate of drug-likeness (QED) is 0.321. The monoisotopic (exact) mass is 336 g/mol. The van der Waals surface area contributed by atoms with E-state index in [0.717, 1.165) is 0 Å². The maximum absolute atomic E-state index is 10.2. The molecule has 0 atom stereocenters. The zero-order valence-electron chi connectivity index (χ0n) is 12.0. The van der Waals surface area contributed by atoms with Crippen molar-refractivity contribution in [2.75, 3.05) is 26.4 Å². The average molecular weight is 336 g/mol. The van der Waals surface area contributed by atoms with Gasteiger partial charge in [-0.25, -0.2) is 0 Å². The number of carboxylic acid groups (broad SMARTS) is 2. The van der Waals surface area contributed by atoms with Gasteiger partial charge in [0.2, 0.25) is 0 Å². The van der Waals surface area contributed by atoms with Gasteiger partial charge in [0.15, 0.2) is 0 Å². The van der Waals surface area contributed by atoms with Gasteiger partial charge >= 0.3 is 59.1 Å². The van der Waals surface area contributed by atoms with Crippen molar-refractivity contribution in [1.82, 2.24) is 10.6 Å². The summed E-state index contributed by atoms with van der Waals surface area (Å²) in [5.41, 5.74) is 0. The molecular formula is C9H10N2Na2O9. The molecule has 0 radical (unpaired) electrons. The summed E-state index contributed by atoms with van der Waals surface area (Å²) in [6.45, 7) is 0.0228. The SMILES string of the molecule is O=C([O-])[O-].O=C1COCC(=O)N1.O=C1COCC(=O)N1.[Na+].[Na+]. The molecule has 0 aliphatic carbocycles. The number of rotatable bonds is 0. The van der Waals surface area contributed by atoms with Crippen LogP contribution in [0.2, 0.25) is 0 Å². The largest absolute Gasteiger partial charge is 1.00 e. The first kappa shape index (κ1) is 26.4. The van der Waals surface area contributed by atoms with Gasteiger partial charge in [0.25, 0.3) is 23.6 Å². The molecule has 0 unspecified atom stereocenters. The Morgan fingerprint density at radius 1 is 0.727 bits per heavy atom. The molecule has 2 N–H and O–H groups in total. The molecule has 2 aliphatic heterocycles. The van der Waals surface area contributed by atoms with E-state index in [4.69, 9.17) is 15.0 Å². The minimum atomic E-state index is -2.33. The number of hydrogen-bond acceptors (Lipinski definition) is 9. The molecule has 0 spiro atoms. The van der Waals surface area contributed by atoms with E-state index in [0.29, 0.717) is 0 Å². The number of nitrogens with one attached hydrogen (secondary N) is 2. The summed E-state index contributed by atoms with van der Waals surface area (Å²) in [5, 5.41) is 20.8. The van der Waals surface area contributed by atoms with Gasteiger partial charge in [0, 0.05) is 0 Å². The Hall–Kier alpha value is -0.530. The first-order valence-electron chi connectivity index (χ1n) is 5.00. The molecule has 0 aromatic heterocycles. The Morgan fingerprint density at radius 2 is 0.909 bits per heavy atom. The standard InChI is InChI=1S/2C4H5NO3.CH2O3.2Na/c2*6-3-1-8-2-4(7)5-3;2-1(3)4;;/h2*1-2H2,(H,5,6,7);(H2,2,3,4);;/q;;;2*+1/p-2. The van der Waals surface area contributed by atoms with Crippen LogP contribution in [-0.4, -0.2) is 56.2 Å². The van der Waals surface area contributed by atoms with Crippen LogP contribution in [0.25, 0.3) is 0 Å². The molecule has 112 valence electrons. The van der Waals surface area contributed by atoms with Crippen LogP contribution >= 0.6 is 0 Å². The Kier molecular flexibility index (Phi) is 18.4. The fraction of sp³-hybridized carbons (Fsp3) is 0.444. The molecule has 2 aliphatic rings. The van der Waals surface area contributed by atoms with Gasteiger partial charge < -0.3 is 24.5 Å². The summed E-state index contributed by atoms with van der Waals surface area (Å²) >= 11 is 0. The fourth-order valence-electron chi connectivity index (χ4n) is 0.928. The third-order valence-corrected chi connectivity index (χ3v) is 1.49. The molecule has 4 amide bonds. The number of ether oxygens (including phenoxy) is 2. The molecule has 2 rings (SSSR count). The van der Waals surface area contributed by atoms with Crippen molar-refractivity contribution in [3.63, 3.8) is 0 Å². The van der Waals surface area contributed by atoms with Gasteiger partial charge in [0.1, 0.15) is 26.4 Å². The van der Waals surface area contributed by atoms with Crippen LogP contribution in [0.3, 0.4) is 0 Å². The maximum atomic E-state index is 10.2. The predicted octanol–water partition coefficient (Wildman–Crippen LogP) is -11.1. The first-order valence-corrected chi connectivity index (χ1v) is 5.00. The van der Waals surface area contributed by atoms with Gasteiger partial charge in [-0.1, -0.05) is 0 Å². The maximum Gasteiger partial charge on any atom is 1.00 e. The zero-order valence-corrected chi connectivity index (χ0v) is 16.0. The van der Waals surface area contributed by atoms with Crippen molar-refractivity contribution in [2.45, 2.75) is 0 Å². The Morgan fingerprint density at radius 3 is 1.00 bits per heavy atom. The summed E-state index contributed by atoms with van der Waals surface area (Å²) in [4.78, 5) is 49.2. The van der Waals surface area contributed by atoms with E-state index in [9.17, 15) is 19.2 Å². The van der Waals surface area contributed by atoms with Crippen LogP contribution in [-0.2, 0) is 28.7 Å². The molecule has 2 fully saturated rings. The second-order valence-corrected chi connectivity index (χ2v) is 3.18. The number of carbonyl (C=O) groups is 5. The van der Waals surface area contributed by atoms with Gasteiger partial charge in [-0.15, -0.1) is 0 Å². The summed E-state index contributed by atoms with van der Waals surface area (Å²) < 4.78 is 9.06. The van der Waals surface area contributed by atoms with Crippen LogP contribution in [0, 0.1) is 0 Å². The smallest absolute Gasteiger partial charge is 0.652 e. The topological polar surface area (TPSA) is 174 Å². The summed E-state index contributed by atoms with van der Waals surface area (Å²) in [6.07, 6.45) is -2.33. The van der Waals surface area contributed by atoms with E-state index in [1.54, 1.807) is 0 Å². The molecule has 2 heterocycles. The van der Waals surface area contributed by atoms with E-state index in [1.807, 2.05) is 0 Å². The average Bonchev–Trinajstić information content (AvgIpc) is 2.28. The fourth-order valence-corrected chi connectivity index (χ4v) is 0.928. The normalized spacial score (nSPS) is 16.0. The Labute approximate surface area is 168 Å². The zero-order chi connectivity index (χ0) is 15.5. The Balaban J connectivity index is -0.000000249. The van der Waals surface area contributed by atoms with Crippen molar-refractivity contribution in [3.05, 3.63) is 0 Å². The second-order valence-electron chi connectivity index (χ2n) is 3.18. The molecule has 2 saturated heterocycles. The van der Waals surface area contributed by atoms with Crippen LogP contribution in [0.15, 0.2) is 0 Å². The van der Waals surface area contributed by atoms with Crippen molar-refractivity contribution in [1.29, 1.82) is 0 Å². The van der Waals surface area contributed by atoms with Crippen LogP contribution < -0.4 is 80.0 Å². The van der Waals surface area contributed by atoms with E-state index in [-0.39, 0.29) is 109 Å². The van der Waals surface area contributed by atoms with Gasteiger partial charge in [-0.3, -0.25) is 29.8 Å². The van der Waals surface area contributed by atoms with Crippen molar-refractivity contribution in [2.24, 2.45) is 0 Å². The van der Waals surface area contributed by atoms with E-state index >= 15 is 0 Å². The summed E-state index contributed by atoms with van der Waals surface area (Å²) in [5.74, 6) is -1.44. The molecule has 0 aromatic rings. The molecule has 22 heavy (non-hydrogen) atoms.